The summed E-state index contributed by atoms with van der Waals surface area (Å²) in [6.07, 6.45) is 4.27. The minimum absolute atomic E-state index is 0.0738. The van der Waals surface area contributed by atoms with E-state index in [1.165, 1.54) is 17.1 Å². The van der Waals surface area contributed by atoms with Crippen LogP contribution in [0.15, 0.2) is 78.2 Å². The molecule has 2 aromatic carbocycles. The van der Waals surface area contributed by atoms with Crippen molar-refractivity contribution in [3.8, 4) is 11.8 Å². The Labute approximate surface area is 233 Å². The number of carboxylic acids is 1. The summed E-state index contributed by atoms with van der Waals surface area (Å²) in [5.41, 5.74) is 1.75. The number of nitrogens with zero attached hydrogens (tertiary/aromatic N) is 8. The van der Waals surface area contributed by atoms with E-state index in [9.17, 15) is 20.0 Å². The Morgan fingerprint density at radius 1 is 1.05 bits per heavy atom. The molecule has 204 valence electrons. The predicted molar refractivity (Wildman–Crippen MR) is 149 cm³/mol. The molecule has 0 aliphatic carbocycles. The van der Waals surface area contributed by atoms with Gasteiger partial charge in [-0.05, 0) is 35.9 Å². The first-order chi connectivity index (χ1) is 19.9. The van der Waals surface area contributed by atoms with E-state index in [2.05, 4.69) is 26.0 Å². The summed E-state index contributed by atoms with van der Waals surface area (Å²) >= 11 is 0. The van der Waals surface area contributed by atoms with E-state index >= 15 is 4.39 Å². The van der Waals surface area contributed by atoms with Gasteiger partial charge in [0.1, 0.15) is 24.3 Å². The van der Waals surface area contributed by atoms with Gasteiger partial charge in [-0.15, -0.1) is 0 Å². The van der Waals surface area contributed by atoms with Crippen LogP contribution >= 0.6 is 0 Å². The Morgan fingerprint density at radius 2 is 1.78 bits per heavy atom. The van der Waals surface area contributed by atoms with Gasteiger partial charge in [0.25, 0.3) is 0 Å². The Bertz CT molecular complexity index is 1850. The molecule has 0 bridgehead atoms. The zero-order valence-electron chi connectivity index (χ0n) is 21.7. The zero-order valence-corrected chi connectivity index (χ0v) is 21.7. The topological polar surface area (TPSA) is 133 Å². The quantitative estimate of drug-likeness (QED) is 0.339. The first kappa shape index (κ1) is 25.7. The molecule has 3 aromatic heterocycles. The first-order valence-corrected chi connectivity index (χ1v) is 12.8. The molecular weight excluding hydrogens is 527 g/mol. The van der Waals surface area contributed by atoms with Gasteiger partial charge >= 0.3 is 5.97 Å². The van der Waals surface area contributed by atoms with Crippen LogP contribution in [-0.4, -0.2) is 61.6 Å². The van der Waals surface area contributed by atoms with E-state index in [0.717, 1.165) is 17.3 Å². The monoisotopic (exact) mass is 550 g/mol. The molecule has 0 spiro atoms. The lowest BCUT2D eigenvalue weighted by atomic mass is 10.1. The highest BCUT2D eigenvalue weighted by molar-refractivity contribution is 5.92. The number of carbonyl (C=O) groups is 1. The van der Waals surface area contributed by atoms with Crippen molar-refractivity contribution in [1.29, 1.82) is 5.26 Å². The molecule has 0 radical (unpaired) electrons. The second-order valence-corrected chi connectivity index (χ2v) is 9.57. The van der Waals surface area contributed by atoms with Gasteiger partial charge in [-0.1, -0.05) is 24.3 Å². The lowest BCUT2D eigenvalue weighted by Gasteiger charge is -2.37. The van der Waals surface area contributed by atoms with Crippen LogP contribution < -0.4 is 15.2 Å². The number of aromatic nitrogens is 5. The van der Waals surface area contributed by atoms with Crippen molar-refractivity contribution in [3.63, 3.8) is 0 Å². The van der Waals surface area contributed by atoms with E-state index < -0.39 is 22.8 Å². The molecule has 11 nitrogen and oxygen atoms in total. The van der Waals surface area contributed by atoms with Crippen molar-refractivity contribution < 1.29 is 14.3 Å². The Balaban J connectivity index is 1.37. The number of aromatic carboxylic acids is 1. The Hall–Kier alpha value is -5.57. The third-order valence-corrected chi connectivity index (χ3v) is 7.11. The van der Waals surface area contributed by atoms with E-state index in [0.29, 0.717) is 44.0 Å². The number of para-hydroxylation sites is 1. The number of nitriles is 1. The molecule has 1 aliphatic heterocycles. The van der Waals surface area contributed by atoms with Crippen molar-refractivity contribution in [2.75, 3.05) is 36.0 Å². The van der Waals surface area contributed by atoms with E-state index in [-0.39, 0.29) is 16.9 Å². The average molecular weight is 551 g/mol. The maximum atomic E-state index is 15.5. The summed E-state index contributed by atoms with van der Waals surface area (Å²) in [5, 5.41) is 23.1. The van der Waals surface area contributed by atoms with Crippen LogP contribution in [0.3, 0.4) is 0 Å². The lowest BCUT2D eigenvalue weighted by molar-refractivity contribution is 0.0695. The Kier molecular flexibility index (Phi) is 6.60. The number of rotatable bonds is 6. The van der Waals surface area contributed by atoms with E-state index in [4.69, 9.17) is 0 Å². The minimum atomic E-state index is -1.41. The first-order valence-electron chi connectivity index (χ1n) is 12.8. The SMILES string of the molecule is N#Cc1ccccc1N1CCN(c2nc3c(cc2F)c(=O)c(C(=O)O)cn3-c2ccc(Cn3cncn3)cc2)CC1. The van der Waals surface area contributed by atoms with Crippen LogP contribution in [0.5, 0.6) is 0 Å². The van der Waals surface area contributed by atoms with Gasteiger partial charge in [-0.25, -0.2) is 23.8 Å². The van der Waals surface area contributed by atoms with Crippen molar-refractivity contribution in [2.45, 2.75) is 6.54 Å². The second-order valence-electron chi connectivity index (χ2n) is 9.57. The molecule has 12 heteroatoms. The second kappa shape index (κ2) is 10.5. The van der Waals surface area contributed by atoms with Crippen LogP contribution in [0.2, 0.25) is 0 Å². The highest BCUT2D eigenvalue weighted by atomic mass is 19.1. The maximum absolute atomic E-state index is 15.5. The largest absolute Gasteiger partial charge is 0.477 e. The number of pyridine rings is 2. The number of anilines is 2. The molecule has 0 unspecified atom stereocenters. The molecule has 0 atom stereocenters. The summed E-state index contributed by atoms with van der Waals surface area (Å²) < 4.78 is 18.6. The average Bonchev–Trinajstić information content (AvgIpc) is 3.51. The standard InChI is InChI=1S/C29H23FN8O3/c30-24-13-22-26(39)23(29(40)41)16-38(21-7-5-19(6-8-21)15-37-18-32-17-33-37)27(22)34-28(24)36-11-9-35(10-12-36)25-4-2-1-3-20(25)14-31/h1-8,13,16-18H,9-12,15H2,(H,40,41). The predicted octanol–water partition coefficient (Wildman–Crippen LogP) is 3.06. The molecule has 1 aliphatic rings. The van der Waals surface area contributed by atoms with Crippen molar-refractivity contribution in [1.82, 2.24) is 24.3 Å². The Morgan fingerprint density at radius 3 is 2.46 bits per heavy atom. The van der Waals surface area contributed by atoms with Gasteiger partial charge < -0.3 is 19.5 Å². The molecule has 4 heterocycles. The van der Waals surface area contributed by atoms with Gasteiger partial charge in [0.05, 0.1) is 23.2 Å². The fourth-order valence-corrected chi connectivity index (χ4v) is 5.05. The van der Waals surface area contributed by atoms with Crippen molar-refractivity contribution in [3.05, 3.63) is 106 Å². The summed E-state index contributed by atoms with van der Waals surface area (Å²) in [6.45, 7) is 2.43. The molecule has 41 heavy (non-hydrogen) atoms. The number of benzene rings is 2. The molecule has 0 amide bonds. The highest BCUT2D eigenvalue weighted by Gasteiger charge is 2.25. The summed E-state index contributed by atoms with van der Waals surface area (Å²) in [4.78, 5) is 37.3. The summed E-state index contributed by atoms with van der Waals surface area (Å²) in [5.74, 6) is -2.05. The number of fused-ring (bicyclic) bond motifs is 1. The van der Waals surface area contributed by atoms with Gasteiger partial charge in [0.2, 0.25) is 5.43 Å². The molecule has 5 aromatic rings. The summed E-state index contributed by atoms with van der Waals surface area (Å²) in [6, 6.07) is 17.9. The van der Waals surface area contributed by atoms with Crippen LogP contribution in [0.4, 0.5) is 15.9 Å². The molecular formula is C29H23FN8O3. The van der Waals surface area contributed by atoms with Gasteiger partial charge in [-0.2, -0.15) is 10.4 Å². The van der Waals surface area contributed by atoms with Crippen LogP contribution in [0, 0.1) is 17.1 Å². The molecule has 1 N–H and O–H groups in total. The third kappa shape index (κ3) is 4.85. The van der Waals surface area contributed by atoms with Gasteiger partial charge in [0, 0.05) is 38.1 Å². The molecule has 0 saturated carbocycles. The fourth-order valence-electron chi connectivity index (χ4n) is 5.05. The highest BCUT2D eigenvalue weighted by Crippen LogP contribution is 2.27. The van der Waals surface area contributed by atoms with Crippen molar-refractivity contribution >= 4 is 28.5 Å². The maximum Gasteiger partial charge on any atom is 0.341 e. The normalized spacial score (nSPS) is 13.4. The van der Waals surface area contributed by atoms with Crippen molar-refractivity contribution in [2.24, 2.45) is 0 Å². The van der Waals surface area contributed by atoms with E-state index in [1.807, 2.05) is 30.3 Å². The molecule has 1 saturated heterocycles. The third-order valence-electron chi connectivity index (χ3n) is 7.11. The number of halogens is 1. The number of carboxylic acid groups (broad SMARTS) is 1. The van der Waals surface area contributed by atoms with Gasteiger partial charge in [-0.3, -0.25) is 4.79 Å². The van der Waals surface area contributed by atoms with E-state index in [1.54, 1.807) is 34.1 Å². The van der Waals surface area contributed by atoms with Crippen LogP contribution in [-0.2, 0) is 6.54 Å². The molecule has 6 rings (SSSR count). The van der Waals surface area contributed by atoms with Crippen LogP contribution in [0.1, 0.15) is 21.5 Å². The number of hydrogen-bond donors (Lipinski definition) is 1. The van der Waals surface area contributed by atoms with Gasteiger partial charge in [0.15, 0.2) is 17.3 Å². The minimum Gasteiger partial charge on any atom is -0.477 e. The molecule has 1 fully saturated rings. The number of hydrogen-bond acceptors (Lipinski definition) is 8. The lowest BCUT2D eigenvalue weighted by Crippen LogP contribution is -2.47. The summed E-state index contributed by atoms with van der Waals surface area (Å²) in [7, 11) is 0. The zero-order chi connectivity index (χ0) is 28.5. The smallest absolute Gasteiger partial charge is 0.341 e. The van der Waals surface area contributed by atoms with Crippen LogP contribution in [0.25, 0.3) is 16.7 Å². The number of piperazine rings is 1. The fraction of sp³-hybridized carbons (Fsp3) is 0.172.